The highest BCUT2D eigenvalue weighted by Gasteiger charge is 2.29. The van der Waals surface area contributed by atoms with Crippen molar-refractivity contribution in [1.82, 2.24) is 0 Å². The van der Waals surface area contributed by atoms with Gasteiger partial charge in [0.15, 0.2) is 28.8 Å². The first-order valence-electron chi connectivity index (χ1n) is 9.16. The summed E-state index contributed by atoms with van der Waals surface area (Å²) in [7, 11) is 4.35. The quantitative estimate of drug-likeness (QED) is 0.458. The summed E-state index contributed by atoms with van der Waals surface area (Å²) in [6.45, 7) is 7.53. The van der Waals surface area contributed by atoms with Crippen molar-refractivity contribution < 1.29 is 28.8 Å². The van der Waals surface area contributed by atoms with Gasteiger partial charge in [0.05, 0.1) is 21.3 Å². The van der Waals surface area contributed by atoms with Crippen molar-refractivity contribution in [3.63, 3.8) is 0 Å². The molecule has 0 atom stereocenters. The van der Waals surface area contributed by atoms with Crippen LogP contribution in [0.15, 0.2) is 46.1 Å². The van der Waals surface area contributed by atoms with E-state index in [1.165, 1.54) is 27.4 Å². The molecule has 0 bridgehead atoms. The van der Waals surface area contributed by atoms with Crippen LogP contribution in [0.2, 0.25) is 0 Å². The molecular weight excluding hydrogens is 388 g/mol. The normalized spacial score (nSPS) is 11.4. The lowest BCUT2D eigenvalue weighted by atomic mass is 9.83. The minimum atomic E-state index is -0.664. The van der Waals surface area contributed by atoms with Crippen LogP contribution in [-0.2, 0) is 5.41 Å². The molecule has 7 nitrogen and oxygen atoms in total. The summed E-state index contributed by atoms with van der Waals surface area (Å²) in [5.41, 5.74) is -0.144. The van der Waals surface area contributed by atoms with Crippen LogP contribution in [0.1, 0.15) is 19.4 Å². The van der Waals surface area contributed by atoms with E-state index in [0.29, 0.717) is 22.6 Å². The first kappa shape index (κ1) is 21.1. The molecule has 0 aliphatic rings. The van der Waals surface area contributed by atoms with Gasteiger partial charge in [-0.2, -0.15) is 0 Å². The molecule has 2 N–H and O–H groups in total. The molecule has 3 aromatic rings. The number of rotatable bonds is 6. The van der Waals surface area contributed by atoms with Crippen molar-refractivity contribution in [2.24, 2.45) is 0 Å². The third-order valence-corrected chi connectivity index (χ3v) is 5.13. The first-order valence-corrected chi connectivity index (χ1v) is 9.16. The minimum absolute atomic E-state index is 0.113. The van der Waals surface area contributed by atoms with E-state index in [-0.39, 0.29) is 22.5 Å². The van der Waals surface area contributed by atoms with Gasteiger partial charge in [-0.25, -0.2) is 0 Å². The van der Waals surface area contributed by atoms with Gasteiger partial charge in [-0.15, -0.1) is 6.58 Å². The molecule has 0 saturated carbocycles. The Hall–Kier alpha value is -3.61. The number of phenols is 2. The Balaban J connectivity index is 2.48. The smallest absolute Gasteiger partial charge is 0.239 e. The Kier molecular flexibility index (Phi) is 5.39. The van der Waals surface area contributed by atoms with Crippen LogP contribution >= 0.6 is 0 Å². The Morgan fingerprint density at radius 3 is 2.27 bits per heavy atom. The summed E-state index contributed by atoms with van der Waals surface area (Å²) in [5.74, 6) is -0.000278. The fourth-order valence-electron chi connectivity index (χ4n) is 3.26. The SMILES string of the molecule is C=CC(C)(C)c1cc(O)c(O)c2c(=O)c(OC)c(-c3ccc(OC)c(OC)c3)oc12. The molecule has 7 heteroatoms. The lowest BCUT2D eigenvalue weighted by molar-refractivity contribution is 0.355. The predicted molar refractivity (Wildman–Crippen MR) is 114 cm³/mol. The average molecular weight is 412 g/mol. The maximum atomic E-state index is 13.2. The van der Waals surface area contributed by atoms with Crippen LogP contribution in [0.5, 0.6) is 28.7 Å². The number of hydrogen-bond acceptors (Lipinski definition) is 7. The summed E-state index contributed by atoms with van der Waals surface area (Å²) in [6, 6.07) is 6.41. The molecule has 158 valence electrons. The summed E-state index contributed by atoms with van der Waals surface area (Å²) < 4.78 is 22.1. The second kappa shape index (κ2) is 7.67. The first-order chi connectivity index (χ1) is 14.2. The third kappa shape index (κ3) is 3.22. The van der Waals surface area contributed by atoms with Gasteiger partial charge >= 0.3 is 0 Å². The molecule has 0 radical (unpaired) electrons. The summed E-state index contributed by atoms with van der Waals surface area (Å²) >= 11 is 0. The number of hydrogen-bond donors (Lipinski definition) is 2. The van der Waals surface area contributed by atoms with Gasteiger partial charge in [-0.05, 0) is 24.3 Å². The minimum Gasteiger partial charge on any atom is -0.504 e. The summed E-state index contributed by atoms with van der Waals surface area (Å²) in [5, 5.41) is 20.5. The van der Waals surface area contributed by atoms with Gasteiger partial charge in [-0.3, -0.25) is 4.79 Å². The van der Waals surface area contributed by atoms with E-state index < -0.39 is 22.3 Å². The largest absolute Gasteiger partial charge is 0.504 e. The fraction of sp³-hybridized carbons (Fsp3) is 0.261. The number of fused-ring (bicyclic) bond motifs is 1. The van der Waals surface area contributed by atoms with Crippen LogP contribution in [-0.4, -0.2) is 31.5 Å². The molecule has 0 spiro atoms. The van der Waals surface area contributed by atoms with Crippen LogP contribution in [0.4, 0.5) is 0 Å². The van der Waals surface area contributed by atoms with Crippen LogP contribution in [0.25, 0.3) is 22.3 Å². The molecule has 1 aromatic heterocycles. The molecule has 0 unspecified atom stereocenters. The Morgan fingerprint density at radius 1 is 1.03 bits per heavy atom. The Bertz CT molecular complexity index is 1190. The Morgan fingerprint density at radius 2 is 1.70 bits per heavy atom. The van der Waals surface area contributed by atoms with Crippen molar-refractivity contribution >= 4 is 11.0 Å². The van der Waals surface area contributed by atoms with Gasteiger partial charge in [0.25, 0.3) is 0 Å². The molecule has 0 aliphatic carbocycles. The molecule has 3 rings (SSSR count). The van der Waals surface area contributed by atoms with E-state index in [9.17, 15) is 15.0 Å². The number of allylic oxidation sites excluding steroid dienone is 1. The van der Waals surface area contributed by atoms with Crippen molar-refractivity contribution in [3.05, 3.63) is 52.7 Å². The zero-order valence-corrected chi connectivity index (χ0v) is 17.5. The highest BCUT2D eigenvalue weighted by molar-refractivity contribution is 5.92. The Labute approximate surface area is 173 Å². The van der Waals surface area contributed by atoms with Crippen molar-refractivity contribution in [2.75, 3.05) is 21.3 Å². The highest BCUT2D eigenvalue weighted by Crippen LogP contribution is 2.44. The second-order valence-electron chi connectivity index (χ2n) is 7.29. The molecule has 1 heterocycles. The van der Waals surface area contributed by atoms with E-state index in [1.54, 1.807) is 24.3 Å². The standard InChI is InChI=1S/C23H24O7/c1-7-23(2,3)13-11-14(24)18(25)17-19(26)22(29-6)20(30-21(13)17)12-8-9-15(27-4)16(10-12)28-5/h7-11,24-25H,1H2,2-6H3. The molecule has 0 amide bonds. The van der Waals surface area contributed by atoms with E-state index in [1.807, 2.05) is 13.8 Å². The molecule has 2 aromatic carbocycles. The maximum absolute atomic E-state index is 13.2. The van der Waals surface area contributed by atoms with Crippen molar-refractivity contribution in [2.45, 2.75) is 19.3 Å². The van der Waals surface area contributed by atoms with E-state index in [0.717, 1.165) is 0 Å². The molecule has 0 aliphatic heterocycles. The third-order valence-electron chi connectivity index (χ3n) is 5.13. The second-order valence-corrected chi connectivity index (χ2v) is 7.29. The average Bonchev–Trinajstić information content (AvgIpc) is 2.74. The fourth-order valence-corrected chi connectivity index (χ4v) is 3.26. The summed E-state index contributed by atoms with van der Waals surface area (Å²) in [4.78, 5) is 13.2. The topological polar surface area (TPSA) is 98.4 Å². The lowest BCUT2D eigenvalue weighted by Gasteiger charge is -2.23. The van der Waals surface area contributed by atoms with Gasteiger partial charge in [0.2, 0.25) is 11.2 Å². The molecular formula is C23H24O7. The van der Waals surface area contributed by atoms with E-state index >= 15 is 0 Å². The number of phenolic OH excluding ortho intramolecular Hbond substituents is 2. The summed E-state index contributed by atoms with van der Waals surface area (Å²) in [6.07, 6.45) is 1.67. The zero-order valence-electron chi connectivity index (χ0n) is 17.5. The van der Waals surface area contributed by atoms with Crippen LogP contribution < -0.4 is 19.6 Å². The zero-order chi connectivity index (χ0) is 22.2. The lowest BCUT2D eigenvalue weighted by Crippen LogP contribution is -2.16. The van der Waals surface area contributed by atoms with E-state index in [2.05, 4.69) is 6.58 Å². The van der Waals surface area contributed by atoms with Gasteiger partial charge in [0, 0.05) is 16.5 Å². The highest BCUT2D eigenvalue weighted by atomic mass is 16.5. The molecule has 0 fully saturated rings. The number of aromatic hydroxyl groups is 2. The monoisotopic (exact) mass is 412 g/mol. The van der Waals surface area contributed by atoms with Crippen LogP contribution in [0, 0.1) is 0 Å². The van der Waals surface area contributed by atoms with E-state index in [4.69, 9.17) is 18.6 Å². The van der Waals surface area contributed by atoms with Crippen molar-refractivity contribution in [1.29, 1.82) is 0 Å². The molecule has 0 saturated heterocycles. The number of methoxy groups -OCH3 is 3. The molecule has 30 heavy (non-hydrogen) atoms. The van der Waals surface area contributed by atoms with Crippen molar-refractivity contribution in [3.8, 4) is 40.1 Å². The number of benzene rings is 2. The van der Waals surface area contributed by atoms with Gasteiger partial charge in [0.1, 0.15) is 11.0 Å². The number of ether oxygens (including phenoxy) is 3. The van der Waals surface area contributed by atoms with Crippen LogP contribution in [0.3, 0.4) is 0 Å². The predicted octanol–water partition coefficient (Wildman–Crippen LogP) is 4.36. The van der Waals surface area contributed by atoms with Gasteiger partial charge < -0.3 is 28.8 Å². The maximum Gasteiger partial charge on any atom is 0.239 e. The van der Waals surface area contributed by atoms with Gasteiger partial charge in [-0.1, -0.05) is 19.9 Å².